The molecule has 0 unspecified atom stereocenters. The third-order valence-electron chi connectivity index (χ3n) is 2.56. The maximum atomic E-state index is 5.70. The van der Waals surface area contributed by atoms with Gasteiger partial charge in [-0.1, -0.05) is 13.2 Å². The van der Waals surface area contributed by atoms with Crippen molar-refractivity contribution in [1.82, 2.24) is 4.98 Å². The Kier molecular flexibility index (Phi) is 3.47. The van der Waals surface area contributed by atoms with E-state index in [4.69, 9.17) is 9.15 Å². The molecule has 0 aliphatic rings. The third-order valence-corrected chi connectivity index (χ3v) is 2.56. The van der Waals surface area contributed by atoms with Crippen LogP contribution in [0.25, 0.3) is 16.5 Å². The van der Waals surface area contributed by atoms with Gasteiger partial charge < -0.3 is 9.15 Å². The van der Waals surface area contributed by atoms with E-state index in [2.05, 4.69) is 18.1 Å². The first-order valence-corrected chi connectivity index (χ1v) is 6.23. The molecule has 0 radical (unpaired) electrons. The minimum Gasteiger partial charge on any atom is -0.493 e. The first kappa shape index (κ1) is 13.4. The van der Waals surface area contributed by atoms with Crippen molar-refractivity contribution < 1.29 is 9.15 Å². The Labute approximate surface area is 113 Å². The highest BCUT2D eigenvalue weighted by molar-refractivity contribution is 5.80. The molecule has 0 aromatic carbocycles. The molecule has 0 saturated heterocycles. The fourth-order valence-corrected chi connectivity index (χ4v) is 1.86. The van der Waals surface area contributed by atoms with Gasteiger partial charge in [-0.3, -0.25) is 4.98 Å². The van der Waals surface area contributed by atoms with E-state index in [1.807, 2.05) is 32.9 Å². The zero-order valence-corrected chi connectivity index (χ0v) is 11.7. The summed E-state index contributed by atoms with van der Waals surface area (Å²) >= 11 is 0. The molecule has 0 N–H and O–H groups in total. The van der Waals surface area contributed by atoms with Gasteiger partial charge in [0.15, 0.2) is 5.58 Å². The van der Waals surface area contributed by atoms with Crippen molar-refractivity contribution in [3.8, 4) is 0 Å². The lowest BCUT2D eigenvalue weighted by Gasteiger charge is -2.23. The topological polar surface area (TPSA) is 35.3 Å². The summed E-state index contributed by atoms with van der Waals surface area (Å²) in [6.07, 6.45) is 3.94. The SMILES string of the molecule is C=C(CC(=C)c1cc2ccoc2cn1)OC(C)(C)C. The van der Waals surface area contributed by atoms with Crippen LogP contribution in [0.1, 0.15) is 32.9 Å². The highest BCUT2D eigenvalue weighted by Crippen LogP contribution is 2.25. The zero-order valence-electron chi connectivity index (χ0n) is 11.7. The van der Waals surface area contributed by atoms with Crippen molar-refractivity contribution in [1.29, 1.82) is 0 Å². The number of rotatable bonds is 4. The van der Waals surface area contributed by atoms with Crippen LogP contribution >= 0.6 is 0 Å². The largest absolute Gasteiger partial charge is 0.493 e. The van der Waals surface area contributed by atoms with Crippen molar-refractivity contribution in [2.24, 2.45) is 0 Å². The number of allylic oxidation sites excluding steroid dienone is 1. The summed E-state index contributed by atoms with van der Waals surface area (Å²) in [5, 5.41) is 1.02. The van der Waals surface area contributed by atoms with Crippen molar-refractivity contribution in [2.75, 3.05) is 0 Å². The van der Waals surface area contributed by atoms with Crippen LogP contribution in [0.3, 0.4) is 0 Å². The van der Waals surface area contributed by atoms with Gasteiger partial charge in [0.05, 0.1) is 23.9 Å². The molecule has 0 fully saturated rings. The molecule has 2 aromatic rings. The number of fused-ring (bicyclic) bond motifs is 1. The maximum absolute atomic E-state index is 5.70. The van der Waals surface area contributed by atoms with Crippen LogP contribution in [0.5, 0.6) is 0 Å². The van der Waals surface area contributed by atoms with E-state index in [0.717, 1.165) is 22.2 Å². The number of ether oxygens (including phenoxy) is 1. The van der Waals surface area contributed by atoms with Crippen LogP contribution in [-0.2, 0) is 4.74 Å². The van der Waals surface area contributed by atoms with Crippen LogP contribution in [0.2, 0.25) is 0 Å². The van der Waals surface area contributed by atoms with Crippen molar-refractivity contribution in [2.45, 2.75) is 32.8 Å². The Bertz CT molecular complexity index is 617. The smallest absolute Gasteiger partial charge is 0.152 e. The Morgan fingerprint density at radius 1 is 1.37 bits per heavy atom. The molecule has 100 valence electrons. The van der Waals surface area contributed by atoms with Gasteiger partial charge >= 0.3 is 0 Å². The molecule has 0 spiro atoms. The fourth-order valence-electron chi connectivity index (χ4n) is 1.86. The molecule has 0 aliphatic carbocycles. The van der Waals surface area contributed by atoms with E-state index in [1.165, 1.54) is 0 Å². The van der Waals surface area contributed by atoms with Crippen molar-refractivity contribution in [3.63, 3.8) is 0 Å². The zero-order chi connectivity index (χ0) is 14.0. The van der Waals surface area contributed by atoms with Crippen LogP contribution in [0.4, 0.5) is 0 Å². The first-order valence-electron chi connectivity index (χ1n) is 6.23. The second-order valence-corrected chi connectivity index (χ2v) is 5.56. The van der Waals surface area contributed by atoms with Crippen molar-refractivity contribution >= 4 is 16.5 Å². The lowest BCUT2D eigenvalue weighted by atomic mass is 10.1. The van der Waals surface area contributed by atoms with Crippen LogP contribution < -0.4 is 0 Å². The third kappa shape index (κ3) is 3.47. The van der Waals surface area contributed by atoms with Gasteiger partial charge in [-0.15, -0.1) is 0 Å². The molecule has 19 heavy (non-hydrogen) atoms. The molecular formula is C16H19NO2. The highest BCUT2D eigenvalue weighted by Gasteiger charge is 2.14. The summed E-state index contributed by atoms with van der Waals surface area (Å²) in [7, 11) is 0. The van der Waals surface area contributed by atoms with Gasteiger partial charge in [0.2, 0.25) is 0 Å². The van der Waals surface area contributed by atoms with Gasteiger partial charge in [-0.05, 0) is 38.5 Å². The fraction of sp³-hybridized carbons (Fsp3) is 0.312. The normalized spacial score (nSPS) is 11.5. The second kappa shape index (κ2) is 4.92. The van der Waals surface area contributed by atoms with E-state index >= 15 is 0 Å². The van der Waals surface area contributed by atoms with Gasteiger partial charge in [0, 0.05) is 11.8 Å². The number of furan rings is 1. The summed E-state index contributed by atoms with van der Waals surface area (Å²) in [5.41, 5.74) is 2.27. The molecule has 0 bridgehead atoms. The summed E-state index contributed by atoms with van der Waals surface area (Å²) in [4.78, 5) is 4.34. The Hall–Kier alpha value is -2.03. The minimum atomic E-state index is -0.237. The molecule has 0 saturated carbocycles. The average molecular weight is 257 g/mol. The molecule has 3 nitrogen and oxygen atoms in total. The number of nitrogens with zero attached hydrogens (tertiary/aromatic N) is 1. The monoisotopic (exact) mass is 257 g/mol. The van der Waals surface area contributed by atoms with E-state index in [-0.39, 0.29) is 5.60 Å². The predicted octanol–water partition coefficient (Wildman–Crippen LogP) is 4.56. The first-order chi connectivity index (χ1) is 8.85. The summed E-state index contributed by atoms with van der Waals surface area (Å²) < 4.78 is 11.0. The molecule has 3 heteroatoms. The van der Waals surface area contributed by atoms with Crippen LogP contribution in [0.15, 0.2) is 47.9 Å². The number of pyridine rings is 1. The summed E-state index contributed by atoms with van der Waals surface area (Å²) in [6.45, 7) is 14.0. The molecule has 0 amide bonds. The predicted molar refractivity (Wildman–Crippen MR) is 77.6 cm³/mol. The van der Waals surface area contributed by atoms with E-state index in [0.29, 0.717) is 12.2 Å². The number of aromatic nitrogens is 1. The van der Waals surface area contributed by atoms with Gasteiger partial charge in [0.1, 0.15) is 5.60 Å². The molecule has 2 rings (SSSR count). The quantitative estimate of drug-likeness (QED) is 0.753. The summed E-state index contributed by atoms with van der Waals surface area (Å²) in [6, 6.07) is 3.87. The van der Waals surface area contributed by atoms with E-state index < -0.39 is 0 Å². The molecule has 0 atom stereocenters. The number of hydrogen-bond donors (Lipinski definition) is 0. The lowest BCUT2D eigenvalue weighted by molar-refractivity contribution is 0.0512. The van der Waals surface area contributed by atoms with E-state index in [9.17, 15) is 0 Å². The molecular weight excluding hydrogens is 238 g/mol. The number of hydrogen-bond acceptors (Lipinski definition) is 3. The van der Waals surface area contributed by atoms with Crippen LogP contribution in [-0.4, -0.2) is 10.6 Å². The van der Waals surface area contributed by atoms with Gasteiger partial charge in [-0.25, -0.2) is 0 Å². The van der Waals surface area contributed by atoms with Crippen molar-refractivity contribution in [3.05, 3.63) is 49.2 Å². The Balaban J connectivity index is 2.09. The Morgan fingerprint density at radius 2 is 2.11 bits per heavy atom. The van der Waals surface area contributed by atoms with Gasteiger partial charge in [0.25, 0.3) is 0 Å². The van der Waals surface area contributed by atoms with E-state index in [1.54, 1.807) is 12.5 Å². The highest BCUT2D eigenvalue weighted by atomic mass is 16.5. The molecule has 2 heterocycles. The second-order valence-electron chi connectivity index (χ2n) is 5.56. The maximum Gasteiger partial charge on any atom is 0.152 e. The lowest BCUT2D eigenvalue weighted by Crippen LogP contribution is -2.18. The average Bonchev–Trinajstić information content (AvgIpc) is 2.72. The molecule has 0 aliphatic heterocycles. The Morgan fingerprint density at radius 3 is 2.79 bits per heavy atom. The minimum absolute atomic E-state index is 0.237. The van der Waals surface area contributed by atoms with Gasteiger partial charge in [-0.2, -0.15) is 0 Å². The van der Waals surface area contributed by atoms with Crippen LogP contribution in [0, 0.1) is 0 Å². The molecule has 2 aromatic heterocycles. The standard InChI is InChI=1S/C16H19NO2/c1-11(8-12(2)19-16(3,4)5)14-9-13-6-7-18-15(13)10-17-14/h6-7,9-10H,1-2,8H2,3-5H3. The summed E-state index contributed by atoms with van der Waals surface area (Å²) in [5.74, 6) is 0.701.